The second kappa shape index (κ2) is 8.31. The van der Waals surface area contributed by atoms with E-state index in [4.69, 9.17) is 0 Å². The molecule has 0 aromatic carbocycles. The zero-order valence-corrected chi connectivity index (χ0v) is 8.52. The molecule has 0 aliphatic heterocycles. The predicted octanol–water partition coefficient (Wildman–Crippen LogP) is 4.14. The normalized spacial score (nSPS) is 29.7. The van der Waals surface area contributed by atoms with Crippen LogP contribution >= 0.6 is 0 Å². The van der Waals surface area contributed by atoms with E-state index >= 15 is 0 Å². The molecule has 0 unspecified atom stereocenters. The molecule has 1 aliphatic rings. The van der Waals surface area contributed by atoms with Crippen LogP contribution in [0.2, 0.25) is 0 Å². The minimum atomic E-state index is 1.18. The Kier molecular flexibility index (Phi) is 6.39. The summed E-state index contributed by atoms with van der Waals surface area (Å²) in [6.45, 7) is 0. The molecule has 0 amide bonds. The van der Waals surface area contributed by atoms with Crippen LogP contribution in [0.25, 0.3) is 0 Å². The number of rotatable bonds is 0. The fourth-order valence-electron chi connectivity index (χ4n) is 1.22. The highest BCUT2D eigenvalue weighted by Crippen LogP contribution is 2.02. The van der Waals surface area contributed by atoms with E-state index in [2.05, 4.69) is 30.4 Å². The van der Waals surface area contributed by atoms with Crippen molar-refractivity contribution in [2.24, 2.45) is 0 Å². The first-order chi connectivity index (χ1) is 7.00. The van der Waals surface area contributed by atoms with Crippen molar-refractivity contribution in [3.63, 3.8) is 0 Å². The summed E-state index contributed by atoms with van der Waals surface area (Å²) in [4.78, 5) is 0. The lowest BCUT2D eigenvalue weighted by Crippen LogP contribution is -1.72. The van der Waals surface area contributed by atoms with Crippen molar-refractivity contribution in [1.29, 1.82) is 0 Å². The summed E-state index contributed by atoms with van der Waals surface area (Å²) in [5, 5.41) is 0. The van der Waals surface area contributed by atoms with E-state index in [9.17, 15) is 0 Å². The van der Waals surface area contributed by atoms with Crippen molar-refractivity contribution in [3.05, 3.63) is 60.8 Å². The Balaban J connectivity index is 2.46. The van der Waals surface area contributed by atoms with Crippen molar-refractivity contribution in [1.82, 2.24) is 0 Å². The monoisotopic (exact) mass is 185 g/mol. The van der Waals surface area contributed by atoms with Crippen LogP contribution in [0.1, 0.15) is 25.7 Å². The average Bonchev–Trinajstić information content (AvgIpc) is 2.22. The van der Waals surface area contributed by atoms with E-state index in [0.29, 0.717) is 0 Å². The van der Waals surface area contributed by atoms with Gasteiger partial charge in [0.25, 0.3) is 0 Å². The summed E-state index contributed by atoms with van der Waals surface area (Å²) < 4.78 is 0. The molecular formula is C14H17. The van der Waals surface area contributed by atoms with Crippen molar-refractivity contribution < 1.29 is 0 Å². The van der Waals surface area contributed by atoms with Gasteiger partial charge in [-0.3, -0.25) is 0 Å². The maximum absolute atomic E-state index is 3.06. The Bertz CT molecular complexity index is 234. The fraction of sp³-hybridized carbons (Fsp3) is 0.286. The molecular weight excluding hydrogens is 168 g/mol. The number of hydrogen-bond acceptors (Lipinski definition) is 0. The highest BCUT2D eigenvalue weighted by Gasteiger charge is 1.82. The Morgan fingerprint density at radius 1 is 0.714 bits per heavy atom. The minimum Gasteiger partial charge on any atom is -0.0845 e. The Morgan fingerprint density at radius 3 is 2.21 bits per heavy atom. The van der Waals surface area contributed by atoms with E-state index in [1.54, 1.807) is 0 Å². The third-order valence-electron chi connectivity index (χ3n) is 1.98. The highest BCUT2D eigenvalue weighted by atomic mass is 13.9. The number of hydrogen-bond donors (Lipinski definition) is 0. The second-order valence-electron chi connectivity index (χ2n) is 3.22. The van der Waals surface area contributed by atoms with Crippen LogP contribution in [-0.2, 0) is 0 Å². The molecule has 0 saturated carbocycles. The van der Waals surface area contributed by atoms with Crippen LogP contribution in [0, 0.1) is 6.08 Å². The Hall–Kier alpha value is -1.30. The molecule has 1 radical (unpaired) electrons. The molecule has 0 aromatic heterocycles. The smallest absolute Gasteiger partial charge is 0.0184 e. The molecule has 0 nitrogen and oxygen atoms in total. The molecule has 0 heterocycles. The lowest BCUT2D eigenvalue weighted by atomic mass is 10.1. The van der Waals surface area contributed by atoms with Crippen LogP contribution in [-0.4, -0.2) is 0 Å². The van der Waals surface area contributed by atoms with Crippen LogP contribution in [0.3, 0.4) is 0 Å². The third kappa shape index (κ3) is 6.24. The van der Waals surface area contributed by atoms with Gasteiger partial charge in [-0.25, -0.2) is 0 Å². The molecule has 1 aliphatic carbocycles. The van der Waals surface area contributed by atoms with E-state index in [-0.39, 0.29) is 0 Å². The van der Waals surface area contributed by atoms with E-state index in [1.807, 2.05) is 30.4 Å². The van der Waals surface area contributed by atoms with Gasteiger partial charge >= 0.3 is 0 Å². The van der Waals surface area contributed by atoms with Crippen LogP contribution < -0.4 is 0 Å². The van der Waals surface area contributed by atoms with Gasteiger partial charge in [0.05, 0.1) is 0 Å². The van der Waals surface area contributed by atoms with Gasteiger partial charge in [0.2, 0.25) is 0 Å². The van der Waals surface area contributed by atoms with Crippen molar-refractivity contribution in [2.75, 3.05) is 0 Å². The largest absolute Gasteiger partial charge is 0.0845 e. The summed E-state index contributed by atoms with van der Waals surface area (Å²) in [5.41, 5.74) is 0. The Morgan fingerprint density at radius 2 is 1.43 bits per heavy atom. The van der Waals surface area contributed by atoms with Crippen molar-refractivity contribution >= 4 is 0 Å². The van der Waals surface area contributed by atoms with Gasteiger partial charge in [0.1, 0.15) is 0 Å². The SMILES string of the molecule is [C]1=C/C=C\C=C\CCCC/C=C/C=C/1. The van der Waals surface area contributed by atoms with E-state index in [0.717, 1.165) is 0 Å². The number of allylic oxidation sites excluding steroid dienone is 10. The highest BCUT2D eigenvalue weighted by molar-refractivity contribution is 5.14. The van der Waals surface area contributed by atoms with E-state index < -0.39 is 0 Å². The Labute approximate surface area is 87.0 Å². The zero-order valence-electron chi connectivity index (χ0n) is 8.52. The second-order valence-corrected chi connectivity index (χ2v) is 3.22. The van der Waals surface area contributed by atoms with Crippen LogP contribution in [0.4, 0.5) is 0 Å². The van der Waals surface area contributed by atoms with Gasteiger partial charge in [-0.1, -0.05) is 54.7 Å². The summed E-state index contributed by atoms with van der Waals surface area (Å²) in [5.74, 6) is 0. The standard InChI is InChI=1S/C14H17/c1-2-4-6-8-10-12-14-13-11-9-7-5-3-1/h1-5,9,11,13-14H,6,8,10,12H2/b3-1-,4-2+,7-5?,11-9+,14-13+. The molecule has 73 valence electrons. The molecule has 0 heteroatoms. The van der Waals surface area contributed by atoms with E-state index in [1.165, 1.54) is 25.7 Å². The van der Waals surface area contributed by atoms with Crippen LogP contribution in [0.5, 0.6) is 0 Å². The first-order valence-electron chi connectivity index (χ1n) is 5.23. The van der Waals surface area contributed by atoms with Gasteiger partial charge in [-0.2, -0.15) is 0 Å². The lowest BCUT2D eigenvalue weighted by molar-refractivity contribution is 0.762. The lowest BCUT2D eigenvalue weighted by Gasteiger charge is -1.91. The molecule has 0 bridgehead atoms. The first kappa shape index (κ1) is 10.8. The zero-order chi connectivity index (χ0) is 9.90. The molecule has 0 fully saturated rings. The predicted molar refractivity (Wildman–Crippen MR) is 62.8 cm³/mol. The van der Waals surface area contributed by atoms with Crippen LogP contribution in [0.15, 0.2) is 54.7 Å². The maximum atomic E-state index is 3.06. The summed E-state index contributed by atoms with van der Waals surface area (Å²) in [6, 6.07) is 0. The van der Waals surface area contributed by atoms with Gasteiger partial charge in [-0.15, -0.1) is 0 Å². The topological polar surface area (TPSA) is 0 Å². The first-order valence-corrected chi connectivity index (χ1v) is 5.23. The summed E-state index contributed by atoms with van der Waals surface area (Å²) in [6.07, 6.45) is 26.5. The van der Waals surface area contributed by atoms with Gasteiger partial charge in [-0.05, 0) is 31.8 Å². The molecule has 0 atom stereocenters. The summed E-state index contributed by atoms with van der Waals surface area (Å²) in [7, 11) is 0. The average molecular weight is 185 g/mol. The fourth-order valence-corrected chi connectivity index (χ4v) is 1.22. The van der Waals surface area contributed by atoms with Gasteiger partial charge < -0.3 is 0 Å². The van der Waals surface area contributed by atoms with Crippen molar-refractivity contribution in [3.8, 4) is 0 Å². The minimum absolute atomic E-state index is 1.18. The molecule has 0 spiro atoms. The van der Waals surface area contributed by atoms with Gasteiger partial charge in [0, 0.05) is 0 Å². The quantitative estimate of drug-likeness (QED) is 0.532. The van der Waals surface area contributed by atoms with Crippen molar-refractivity contribution in [2.45, 2.75) is 25.7 Å². The third-order valence-corrected chi connectivity index (χ3v) is 1.98. The molecule has 0 N–H and O–H groups in total. The molecule has 0 aromatic rings. The maximum Gasteiger partial charge on any atom is -0.0184 e. The molecule has 14 heavy (non-hydrogen) atoms. The molecule has 1 rings (SSSR count). The summed E-state index contributed by atoms with van der Waals surface area (Å²) >= 11 is 0. The molecule has 0 saturated heterocycles. The van der Waals surface area contributed by atoms with Gasteiger partial charge in [0.15, 0.2) is 0 Å².